The number of benzene rings is 1. The van der Waals surface area contributed by atoms with E-state index in [1.54, 1.807) is 22.6 Å². The molecule has 9 heteroatoms. The van der Waals surface area contributed by atoms with Crippen LogP contribution in [0.3, 0.4) is 0 Å². The summed E-state index contributed by atoms with van der Waals surface area (Å²) in [4.78, 5) is 3.38. The maximum absolute atomic E-state index is 12.7. The molecule has 2 rings (SSSR count). The molecule has 2 aromatic rings. The van der Waals surface area contributed by atoms with Crippen LogP contribution in [0, 0.1) is 3.70 Å². The zero-order chi connectivity index (χ0) is 16.5. The van der Waals surface area contributed by atoms with Gasteiger partial charge in [0.1, 0.15) is 15.1 Å². The van der Waals surface area contributed by atoms with Crippen molar-refractivity contribution in [3.8, 4) is 16.9 Å². The Hall–Kier alpha value is -1.52. The zero-order valence-electron chi connectivity index (χ0n) is 10.5. The van der Waals surface area contributed by atoms with Gasteiger partial charge in [-0.05, 0) is 58.0 Å². The van der Waals surface area contributed by atoms with Gasteiger partial charge in [0.05, 0.1) is 0 Å². The molecular weight excluding hydrogens is 427 g/mol. The molecule has 0 aliphatic heterocycles. The van der Waals surface area contributed by atoms with Crippen LogP contribution >= 0.6 is 22.6 Å². The Bertz CT molecular complexity index is 666. The second-order valence-corrected chi connectivity index (χ2v) is 5.24. The number of rotatable bonds is 2. The summed E-state index contributed by atoms with van der Waals surface area (Å²) in [5, 5.41) is 0. The van der Waals surface area contributed by atoms with Crippen molar-refractivity contribution in [2.45, 2.75) is 12.5 Å². The Morgan fingerprint density at radius 3 is 1.95 bits per heavy atom. The Morgan fingerprint density at radius 2 is 1.45 bits per heavy atom. The van der Waals surface area contributed by atoms with Crippen LogP contribution in [0.5, 0.6) is 5.75 Å². The lowest BCUT2D eigenvalue weighted by Gasteiger charge is -2.11. The van der Waals surface area contributed by atoms with Crippen LogP contribution in [-0.4, -0.2) is 11.3 Å². The molecule has 1 aromatic carbocycles. The smallest absolute Gasteiger partial charge is 0.406 e. The standard InChI is InChI=1S/C13H6F6INO/c14-12(15,16)10-5-8(6-11(20)21-10)7-1-3-9(4-2-7)22-13(17,18)19/h1-6H. The summed E-state index contributed by atoms with van der Waals surface area (Å²) in [5.74, 6) is -0.448. The molecule has 0 aliphatic rings. The van der Waals surface area contributed by atoms with E-state index in [4.69, 9.17) is 0 Å². The van der Waals surface area contributed by atoms with Crippen LogP contribution in [0.15, 0.2) is 36.4 Å². The maximum atomic E-state index is 12.7. The third-order valence-electron chi connectivity index (χ3n) is 2.51. The molecule has 0 amide bonds. The van der Waals surface area contributed by atoms with E-state index in [2.05, 4.69) is 9.72 Å². The van der Waals surface area contributed by atoms with Crippen molar-refractivity contribution in [1.82, 2.24) is 4.98 Å². The summed E-state index contributed by atoms with van der Waals surface area (Å²) < 4.78 is 78.1. The van der Waals surface area contributed by atoms with Crippen molar-refractivity contribution in [1.29, 1.82) is 0 Å². The molecule has 1 heterocycles. The van der Waals surface area contributed by atoms with E-state index in [1.807, 2.05) is 0 Å². The summed E-state index contributed by atoms with van der Waals surface area (Å²) in [7, 11) is 0. The summed E-state index contributed by atoms with van der Waals surface area (Å²) >= 11 is 1.64. The fraction of sp³-hybridized carbons (Fsp3) is 0.154. The van der Waals surface area contributed by atoms with E-state index in [9.17, 15) is 26.3 Å². The van der Waals surface area contributed by atoms with E-state index >= 15 is 0 Å². The topological polar surface area (TPSA) is 22.1 Å². The average Bonchev–Trinajstić information content (AvgIpc) is 2.36. The van der Waals surface area contributed by atoms with E-state index in [0.29, 0.717) is 5.56 Å². The first-order valence-corrected chi connectivity index (χ1v) is 6.73. The first kappa shape index (κ1) is 16.8. The van der Waals surface area contributed by atoms with Gasteiger partial charge in [0.25, 0.3) is 0 Å². The summed E-state index contributed by atoms with van der Waals surface area (Å²) in [5.41, 5.74) is -0.546. The van der Waals surface area contributed by atoms with Gasteiger partial charge in [-0.3, -0.25) is 0 Å². The lowest BCUT2D eigenvalue weighted by atomic mass is 10.1. The maximum Gasteiger partial charge on any atom is 0.573 e. The van der Waals surface area contributed by atoms with Gasteiger partial charge in [-0.25, -0.2) is 4.98 Å². The van der Waals surface area contributed by atoms with E-state index in [0.717, 1.165) is 18.2 Å². The van der Waals surface area contributed by atoms with Crippen molar-refractivity contribution in [3.63, 3.8) is 0 Å². The third kappa shape index (κ3) is 4.49. The number of ether oxygens (including phenoxy) is 1. The van der Waals surface area contributed by atoms with Gasteiger partial charge in [-0.1, -0.05) is 12.1 Å². The number of nitrogens with zero attached hydrogens (tertiary/aromatic N) is 1. The Balaban J connectivity index is 2.34. The normalized spacial score (nSPS) is 12.3. The largest absolute Gasteiger partial charge is 0.573 e. The monoisotopic (exact) mass is 433 g/mol. The van der Waals surface area contributed by atoms with E-state index in [1.165, 1.54) is 18.2 Å². The first-order valence-electron chi connectivity index (χ1n) is 5.65. The van der Waals surface area contributed by atoms with Crippen LogP contribution < -0.4 is 4.74 Å². The highest BCUT2D eigenvalue weighted by Crippen LogP contribution is 2.32. The highest BCUT2D eigenvalue weighted by molar-refractivity contribution is 14.1. The molecule has 22 heavy (non-hydrogen) atoms. The van der Waals surface area contributed by atoms with Crippen molar-refractivity contribution in [3.05, 3.63) is 45.8 Å². The van der Waals surface area contributed by atoms with E-state index in [-0.39, 0.29) is 9.26 Å². The van der Waals surface area contributed by atoms with Crippen molar-refractivity contribution < 1.29 is 31.1 Å². The van der Waals surface area contributed by atoms with E-state index < -0.39 is 24.0 Å². The number of halogens is 7. The molecule has 0 saturated heterocycles. The third-order valence-corrected chi connectivity index (χ3v) is 3.06. The van der Waals surface area contributed by atoms with Crippen LogP contribution in [0.1, 0.15) is 5.69 Å². The Morgan fingerprint density at radius 1 is 0.864 bits per heavy atom. The molecule has 118 valence electrons. The van der Waals surface area contributed by atoms with Crippen LogP contribution in [0.4, 0.5) is 26.3 Å². The molecule has 0 bridgehead atoms. The molecule has 0 radical (unpaired) electrons. The van der Waals surface area contributed by atoms with Gasteiger partial charge in [-0.2, -0.15) is 13.2 Å². The van der Waals surface area contributed by atoms with Crippen molar-refractivity contribution in [2.24, 2.45) is 0 Å². The van der Waals surface area contributed by atoms with Crippen LogP contribution in [-0.2, 0) is 6.18 Å². The summed E-state index contributed by atoms with van der Waals surface area (Å²) in [6.07, 6.45) is -9.42. The molecule has 0 spiro atoms. The first-order chi connectivity index (χ1) is 10.0. The molecule has 0 unspecified atom stereocenters. The van der Waals surface area contributed by atoms with Gasteiger partial charge in [0, 0.05) is 0 Å². The van der Waals surface area contributed by atoms with Crippen LogP contribution in [0.2, 0.25) is 0 Å². The molecular formula is C13H6F6INO. The fourth-order valence-electron chi connectivity index (χ4n) is 1.66. The summed E-state index contributed by atoms with van der Waals surface area (Å²) in [6, 6.07) is 6.78. The lowest BCUT2D eigenvalue weighted by Crippen LogP contribution is -2.16. The Labute approximate surface area is 134 Å². The molecule has 0 N–H and O–H groups in total. The highest BCUT2D eigenvalue weighted by Gasteiger charge is 2.33. The fourth-order valence-corrected chi connectivity index (χ4v) is 2.25. The second-order valence-electron chi connectivity index (χ2n) is 4.13. The Kier molecular flexibility index (Phi) is 4.54. The number of hydrogen-bond donors (Lipinski definition) is 0. The minimum atomic E-state index is -4.82. The van der Waals surface area contributed by atoms with Gasteiger partial charge >= 0.3 is 12.5 Å². The highest BCUT2D eigenvalue weighted by atomic mass is 127. The van der Waals surface area contributed by atoms with Gasteiger partial charge < -0.3 is 4.74 Å². The van der Waals surface area contributed by atoms with Gasteiger partial charge in [-0.15, -0.1) is 13.2 Å². The SMILES string of the molecule is FC(F)(F)Oc1ccc(-c2cc(I)nc(C(F)(F)F)c2)cc1. The van der Waals surface area contributed by atoms with Gasteiger partial charge in [0.2, 0.25) is 0 Å². The predicted octanol–water partition coefficient (Wildman–Crippen LogP) is 5.27. The number of pyridine rings is 1. The predicted molar refractivity (Wildman–Crippen MR) is 74.1 cm³/mol. The minimum absolute atomic E-state index is 0.123. The number of hydrogen-bond acceptors (Lipinski definition) is 2. The quantitative estimate of drug-likeness (QED) is 0.366. The van der Waals surface area contributed by atoms with Crippen molar-refractivity contribution in [2.75, 3.05) is 0 Å². The van der Waals surface area contributed by atoms with Crippen LogP contribution in [0.25, 0.3) is 11.1 Å². The molecule has 0 atom stereocenters. The zero-order valence-corrected chi connectivity index (χ0v) is 12.6. The molecule has 0 fully saturated rings. The number of alkyl halides is 6. The molecule has 0 aliphatic carbocycles. The average molecular weight is 433 g/mol. The van der Waals surface area contributed by atoms with Gasteiger partial charge in [0.15, 0.2) is 0 Å². The minimum Gasteiger partial charge on any atom is -0.406 e. The molecule has 2 nitrogen and oxygen atoms in total. The van der Waals surface area contributed by atoms with Crippen molar-refractivity contribution >= 4 is 22.6 Å². The molecule has 1 aromatic heterocycles. The number of aromatic nitrogens is 1. The molecule has 0 saturated carbocycles. The second kappa shape index (κ2) is 5.94. The summed E-state index contributed by atoms with van der Waals surface area (Å²) in [6.45, 7) is 0. The lowest BCUT2D eigenvalue weighted by molar-refractivity contribution is -0.274.